The summed E-state index contributed by atoms with van der Waals surface area (Å²) in [5.41, 5.74) is 46.9. The third-order valence-electron chi connectivity index (χ3n) is 15.9. The molecule has 39 heteroatoms. The van der Waals surface area contributed by atoms with Gasteiger partial charge in [0.1, 0.15) is 72.2 Å². The lowest BCUT2D eigenvalue weighted by molar-refractivity contribution is -0.136. The molecule has 2 aliphatic heterocycles. The van der Waals surface area contributed by atoms with E-state index in [4.69, 9.17) is 45.9 Å². The van der Waals surface area contributed by atoms with Crippen molar-refractivity contribution in [3.8, 4) is 5.75 Å². The zero-order valence-corrected chi connectivity index (χ0v) is 61.9. The number of fused-ring (bicyclic) bond motifs is 5. The molecule has 0 aromatic heterocycles. The molecule has 12 atom stereocenters. The number of carbonyl (C=O) groups is 12. The number of nitrogens with zero attached hydrogens (tertiary/aromatic N) is 3. The Labute approximate surface area is 614 Å². The van der Waals surface area contributed by atoms with E-state index < -0.39 is 161 Å². The van der Waals surface area contributed by atoms with Crippen molar-refractivity contribution in [2.24, 2.45) is 78.6 Å². The maximum Gasteiger partial charge on any atom is 0.244 e. The van der Waals surface area contributed by atoms with E-state index >= 15 is 19.2 Å². The van der Waals surface area contributed by atoms with E-state index in [-0.39, 0.29) is 124 Å². The zero-order chi connectivity index (χ0) is 76.5. The summed E-state index contributed by atoms with van der Waals surface area (Å²) >= 11 is 0. The number of aliphatic imine (C=N–C) groups is 3. The van der Waals surface area contributed by atoms with Gasteiger partial charge < -0.3 is 109 Å². The summed E-state index contributed by atoms with van der Waals surface area (Å²) in [6, 6.07) is -3.56. The summed E-state index contributed by atoms with van der Waals surface area (Å²) in [6.45, 7) is 10.0. The summed E-state index contributed by atoms with van der Waals surface area (Å²) in [6.07, 6.45) is -0.655. The fourth-order valence-corrected chi connectivity index (χ4v) is 15.0. The molecule has 2 bridgehead atoms. The number of guanidine groups is 3. The summed E-state index contributed by atoms with van der Waals surface area (Å²) in [5.74, 6) is -14.6. The molecule has 2 aromatic rings. The normalized spacial score (nSPS) is 23.4. The highest BCUT2D eigenvalue weighted by Gasteiger charge is 2.39. The number of benzene rings is 2. The minimum atomic E-state index is -1.65. The van der Waals surface area contributed by atoms with Crippen molar-refractivity contribution in [1.82, 2.24) is 58.5 Å². The largest absolute Gasteiger partial charge is 0.508 e. The van der Waals surface area contributed by atoms with Gasteiger partial charge in [-0.15, -0.1) is 0 Å². The van der Waals surface area contributed by atoms with E-state index in [0.717, 1.165) is 43.2 Å². The van der Waals surface area contributed by atoms with Crippen molar-refractivity contribution in [2.75, 3.05) is 42.6 Å². The molecular weight excluding hydrogens is 1410 g/mol. The lowest BCUT2D eigenvalue weighted by atomic mass is 10.0. The van der Waals surface area contributed by atoms with Gasteiger partial charge in [0.05, 0.1) is 6.04 Å². The molecule has 2 heterocycles. The number of nitrogens with one attached hydrogen (secondary N) is 11. The monoisotopic (exact) mass is 1510 g/mol. The van der Waals surface area contributed by atoms with E-state index in [2.05, 4.69) is 73.5 Å². The Bertz CT molecular complexity index is 3290. The number of primary amides is 1. The average molecular weight is 1520 g/mol. The van der Waals surface area contributed by atoms with Crippen LogP contribution in [0.3, 0.4) is 0 Å². The Morgan fingerprint density at radius 2 is 0.903 bits per heavy atom. The Morgan fingerprint density at radius 3 is 1.36 bits per heavy atom. The van der Waals surface area contributed by atoms with Crippen molar-refractivity contribution in [1.29, 1.82) is 0 Å². The van der Waals surface area contributed by atoms with Crippen LogP contribution in [-0.2, 0) is 70.4 Å². The average Bonchev–Trinajstić information content (AvgIpc) is 0.852. The molecular formula is C64H102N22O13S4. The highest BCUT2D eigenvalue weighted by atomic mass is 33.1. The second-order valence-corrected chi connectivity index (χ2v) is 30.8. The molecule has 2 aromatic carbocycles. The van der Waals surface area contributed by atoms with Gasteiger partial charge in [-0.3, -0.25) is 72.5 Å². The van der Waals surface area contributed by atoms with Crippen molar-refractivity contribution in [2.45, 2.75) is 172 Å². The molecule has 35 nitrogen and oxygen atoms in total. The molecule has 12 amide bonds. The third-order valence-corrected chi connectivity index (χ3v) is 20.7. The van der Waals surface area contributed by atoms with Gasteiger partial charge in [-0.05, 0) is 86.0 Å². The molecule has 0 aliphatic carbocycles. The first-order valence-corrected chi connectivity index (χ1v) is 38.6. The molecule has 570 valence electrons. The molecule has 0 radical (unpaired) electrons. The Balaban J connectivity index is 2.05. The molecule has 4 rings (SSSR count). The SMILES string of the molecule is CC(C)C[C@H](N)C(=O)N[C@H]1CSSC[C@@H](C(=O)N[C@H](C(N)=O)C(C)C)NC(=O)[C@H](C(C)C)NC(=O)[C@@H]2CSSC[C@H](NC(=O)[C@H](Cc3ccc(O)cc3)NC1=O)C(=O)N[C@@H](CCCN=C(N)N)C(=O)N[C@@H](CCCN=C(N)N)C(=O)N[C@@H](Cc1ccccc1)C(=O)N[C@@H](CCCN=C(N)N)C(=O)N2. The maximum absolute atomic E-state index is 15.2. The fourth-order valence-electron chi connectivity index (χ4n) is 10.3. The molecule has 28 N–H and O–H groups in total. The van der Waals surface area contributed by atoms with Crippen LogP contribution in [0.4, 0.5) is 0 Å². The summed E-state index contributed by atoms with van der Waals surface area (Å²) in [7, 11) is 3.71. The second kappa shape index (κ2) is 44.5. The first-order chi connectivity index (χ1) is 48.7. The van der Waals surface area contributed by atoms with Gasteiger partial charge in [0.2, 0.25) is 70.9 Å². The summed E-state index contributed by atoms with van der Waals surface area (Å²) in [5, 5.41) is 40.1. The van der Waals surface area contributed by atoms with E-state index in [1.54, 1.807) is 58.0 Å². The van der Waals surface area contributed by atoms with Gasteiger partial charge in [0, 0.05) is 55.5 Å². The van der Waals surface area contributed by atoms with Crippen LogP contribution >= 0.6 is 43.2 Å². The highest BCUT2D eigenvalue weighted by molar-refractivity contribution is 8.77. The van der Waals surface area contributed by atoms with Gasteiger partial charge in [-0.25, -0.2) is 0 Å². The van der Waals surface area contributed by atoms with Crippen molar-refractivity contribution in [3.05, 3.63) is 65.7 Å². The van der Waals surface area contributed by atoms with Crippen molar-refractivity contribution < 1.29 is 62.6 Å². The predicted molar refractivity (Wildman–Crippen MR) is 399 cm³/mol. The van der Waals surface area contributed by atoms with Gasteiger partial charge in [0.25, 0.3) is 0 Å². The second-order valence-electron chi connectivity index (χ2n) is 25.7. The van der Waals surface area contributed by atoms with Crippen LogP contribution in [-0.4, -0.2) is 209 Å². The zero-order valence-electron chi connectivity index (χ0n) is 58.6. The van der Waals surface area contributed by atoms with E-state index in [0.29, 0.717) is 11.1 Å². The minimum absolute atomic E-state index is 0.0294. The minimum Gasteiger partial charge on any atom is -0.508 e. The van der Waals surface area contributed by atoms with Gasteiger partial charge in [-0.1, -0.05) is 127 Å². The van der Waals surface area contributed by atoms with Crippen LogP contribution in [0.25, 0.3) is 0 Å². The van der Waals surface area contributed by atoms with Crippen LogP contribution < -0.4 is 104 Å². The van der Waals surface area contributed by atoms with E-state index in [1.807, 2.05) is 13.8 Å². The molecule has 2 aliphatic rings. The molecule has 103 heavy (non-hydrogen) atoms. The van der Waals surface area contributed by atoms with Crippen LogP contribution in [0.5, 0.6) is 5.75 Å². The number of amides is 12. The third kappa shape index (κ3) is 31.7. The smallest absolute Gasteiger partial charge is 0.244 e. The van der Waals surface area contributed by atoms with E-state index in [9.17, 15) is 43.5 Å². The first kappa shape index (κ1) is 86.5. The van der Waals surface area contributed by atoms with Crippen LogP contribution in [0.1, 0.15) is 97.6 Å². The topological polar surface area (TPSA) is 603 Å². The van der Waals surface area contributed by atoms with Crippen LogP contribution in [0, 0.1) is 17.8 Å². The fraction of sp³-hybridized carbons (Fsp3) is 0.578. The van der Waals surface area contributed by atoms with Crippen LogP contribution in [0.15, 0.2) is 69.6 Å². The molecule has 2 fully saturated rings. The number of hydrogen-bond donors (Lipinski definition) is 20. The Kier molecular flexibility index (Phi) is 37.4. The summed E-state index contributed by atoms with van der Waals surface area (Å²) < 4.78 is 0. The van der Waals surface area contributed by atoms with E-state index in [1.165, 1.54) is 24.3 Å². The molecule has 0 saturated carbocycles. The number of nitrogens with two attached hydrogens (primary N) is 8. The first-order valence-electron chi connectivity index (χ1n) is 33.6. The number of hydrogen-bond acceptors (Lipinski definition) is 21. The Morgan fingerprint density at radius 1 is 0.495 bits per heavy atom. The van der Waals surface area contributed by atoms with Crippen molar-refractivity contribution >= 4 is 132 Å². The van der Waals surface area contributed by atoms with Crippen LogP contribution in [0.2, 0.25) is 0 Å². The van der Waals surface area contributed by atoms with Gasteiger partial charge in [-0.2, -0.15) is 0 Å². The molecule has 0 unspecified atom stereocenters. The van der Waals surface area contributed by atoms with Gasteiger partial charge >= 0.3 is 0 Å². The number of phenolic OH excluding ortho intramolecular Hbond substituents is 1. The van der Waals surface area contributed by atoms with Gasteiger partial charge in [0.15, 0.2) is 17.9 Å². The molecule has 2 saturated heterocycles. The lowest BCUT2D eigenvalue weighted by Gasteiger charge is -2.30. The number of rotatable bonds is 25. The molecule has 0 spiro atoms. The summed E-state index contributed by atoms with van der Waals surface area (Å²) in [4.78, 5) is 188. The number of phenols is 1. The highest BCUT2D eigenvalue weighted by Crippen LogP contribution is 2.26. The number of carbonyl (C=O) groups excluding carboxylic acids is 12. The maximum atomic E-state index is 15.2. The number of aromatic hydroxyl groups is 1. The Hall–Kier alpha value is -8.95. The predicted octanol–water partition coefficient (Wildman–Crippen LogP) is -4.37. The standard InChI is InChI=1S/C64H102N22O13S4/c1-32(2)25-38(65)51(89)81-44-28-100-103-31-47(59(97)85-48(33(3)4)50(66)88)84-61(99)49(34(5)6)86-60(98)46-30-102-101-29-45(83-56(94)43(80-58(44)96)27-36-18-20-37(87)21-19-36)57(95)78-39(15-10-22-73-62(67)68)52(90)76-40(16-11-23-74-63(69)70)53(91)79-42(26-35-13-8-7-9-14-35)55(93)77-41(54(92)82-46)17-12-24-75-64(71)72/h7-9,13-14,18-21,32-34,38-49,87H,10-12,15-17,22-31,65H2,1-6H3,(H2,66,88)(H,76,90)(H,77,93)(H,78,95)(H,79,91)(H,80,96)(H,81,89)(H,82,92)(H,83,94)(H,84,99)(H,85,97)(H,86,98)(H4,67,68,73)(H4,69,70,74)(H4,71,72,75)/t38-,39-,40-,41-,42-,43-,44-,45-,46-,47-,48-,49-/m0/s1. The lowest BCUT2D eigenvalue weighted by Crippen LogP contribution is -2.62. The van der Waals surface area contributed by atoms with Crippen molar-refractivity contribution in [3.63, 3.8) is 0 Å². The quantitative estimate of drug-likeness (QED) is 0.0193.